The maximum Gasteiger partial charge on any atom is 0.169 e. The molecule has 1 heterocycles. The monoisotopic (exact) mass is 259 g/mol. The molecule has 1 aromatic heterocycles. The molecule has 0 radical (unpaired) electrons. The summed E-state index contributed by atoms with van der Waals surface area (Å²) in [7, 11) is 0. The third-order valence-electron chi connectivity index (χ3n) is 3.01. The van der Waals surface area contributed by atoms with Crippen LogP contribution >= 0.6 is 11.3 Å². The average molecular weight is 259 g/mol. The first-order valence-electron chi connectivity index (χ1n) is 6.00. The van der Waals surface area contributed by atoms with E-state index in [1.54, 1.807) is 11.3 Å². The standard InChI is InChI=1S/C15H17NOS/c1-11-13(10-17)16-14(18-11)15(2,3)9-12-7-5-4-6-8-12/h4-8,10H,9H2,1-3H3. The van der Waals surface area contributed by atoms with E-state index in [-0.39, 0.29) is 5.41 Å². The molecule has 0 saturated heterocycles. The first-order valence-corrected chi connectivity index (χ1v) is 6.81. The van der Waals surface area contributed by atoms with Crippen LogP contribution < -0.4 is 0 Å². The fourth-order valence-electron chi connectivity index (χ4n) is 1.99. The van der Waals surface area contributed by atoms with Gasteiger partial charge in [-0.05, 0) is 18.9 Å². The van der Waals surface area contributed by atoms with E-state index >= 15 is 0 Å². The van der Waals surface area contributed by atoms with Crippen molar-refractivity contribution >= 4 is 17.6 Å². The Bertz CT molecular complexity index is 543. The first-order chi connectivity index (χ1) is 8.53. The van der Waals surface area contributed by atoms with Crippen molar-refractivity contribution in [3.8, 4) is 0 Å². The molecule has 2 aromatic rings. The van der Waals surface area contributed by atoms with Crippen LogP contribution in [0.4, 0.5) is 0 Å². The molecule has 94 valence electrons. The molecule has 0 amide bonds. The topological polar surface area (TPSA) is 30.0 Å². The van der Waals surface area contributed by atoms with E-state index in [0.29, 0.717) is 5.69 Å². The Hall–Kier alpha value is -1.48. The Kier molecular flexibility index (Phi) is 3.62. The number of aldehydes is 1. The first kappa shape index (κ1) is 13.0. The van der Waals surface area contributed by atoms with Crippen LogP contribution in [0.3, 0.4) is 0 Å². The van der Waals surface area contributed by atoms with Crippen LogP contribution in [0.2, 0.25) is 0 Å². The van der Waals surface area contributed by atoms with Crippen molar-refractivity contribution in [2.24, 2.45) is 0 Å². The molecule has 0 N–H and O–H groups in total. The van der Waals surface area contributed by atoms with Gasteiger partial charge in [0.1, 0.15) is 5.69 Å². The molecule has 0 unspecified atom stereocenters. The van der Waals surface area contributed by atoms with Gasteiger partial charge in [-0.15, -0.1) is 11.3 Å². The summed E-state index contributed by atoms with van der Waals surface area (Å²) >= 11 is 1.62. The summed E-state index contributed by atoms with van der Waals surface area (Å²) in [6.07, 6.45) is 1.77. The maximum atomic E-state index is 10.9. The van der Waals surface area contributed by atoms with Gasteiger partial charge in [-0.25, -0.2) is 4.98 Å². The second kappa shape index (κ2) is 5.02. The van der Waals surface area contributed by atoms with Crippen molar-refractivity contribution in [1.29, 1.82) is 0 Å². The van der Waals surface area contributed by atoms with Crippen LogP contribution in [-0.2, 0) is 11.8 Å². The van der Waals surface area contributed by atoms with Crippen molar-refractivity contribution in [1.82, 2.24) is 4.98 Å². The van der Waals surface area contributed by atoms with Crippen molar-refractivity contribution < 1.29 is 4.79 Å². The Morgan fingerprint density at radius 1 is 1.28 bits per heavy atom. The zero-order valence-corrected chi connectivity index (χ0v) is 11.8. The maximum absolute atomic E-state index is 10.9. The highest BCUT2D eigenvalue weighted by Gasteiger charge is 2.25. The van der Waals surface area contributed by atoms with Crippen molar-refractivity contribution in [3.63, 3.8) is 0 Å². The average Bonchev–Trinajstić information content (AvgIpc) is 2.72. The van der Waals surface area contributed by atoms with Crippen LogP contribution in [0.15, 0.2) is 30.3 Å². The van der Waals surface area contributed by atoms with E-state index in [9.17, 15) is 4.79 Å². The molecular weight excluding hydrogens is 242 g/mol. The smallest absolute Gasteiger partial charge is 0.169 e. The van der Waals surface area contributed by atoms with Crippen LogP contribution in [-0.4, -0.2) is 11.3 Å². The summed E-state index contributed by atoms with van der Waals surface area (Å²) in [5.74, 6) is 0. The van der Waals surface area contributed by atoms with Crippen molar-refractivity contribution in [2.75, 3.05) is 0 Å². The van der Waals surface area contributed by atoms with Gasteiger partial charge in [0.05, 0.1) is 5.01 Å². The van der Waals surface area contributed by atoms with Gasteiger partial charge in [-0.2, -0.15) is 0 Å². The number of hydrogen-bond donors (Lipinski definition) is 0. The Morgan fingerprint density at radius 2 is 1.94 bits per heavy atom. The minimum Gasteiger partial charge on any atom is -0.296 e. The molecule has 0 aliphatic carbocycles. The number of aromatic nitrogens is 1. The van der Waals surface area contributed by atoms with Gasteiger partial charge in [0.2, 0.25) is 0 Å². The highest BCUT2D eigenvalue weighted by Crippen LogP contribution is 2.32. The molecule has 0 bridgehead atoms. The van der Waals surface area contributed by atoms with Crippen LogP contribution in [0, 0.1) is 6.92 Å². The van der Waals surface area contributed by atoms with Gasteiger partial charge in [0.15, 0.2) is 6.29 Å². The molecule has 0 fully saturated rings. The molecule has 0 aliphatic heterocycles. The van der Waals surface area contributed by atoms with E-state index in [2.05, 4.69) is 43.1 Å². The predicted molar refractivity (Wildman–Crippen MR) is 75.4 cm³/mol. The highest BCUT2D eigenvalue weighted by atomic mass is 32.1. The number of thiazole rings is 1. The molecule has 2 rings (SSSR count). The molecule has 0 spiro atoms. The van der Waals surface area contributed by atoms with E-state index < -0.39 is 0 Å². The minimum absolute atomic E-state index is 0.0436. The van der Waals surface area contributed by atoms with Gasteiger partial charge in [0, 0.05) is 10.3 Å². The third-order valence-corrected chi connectivity index (χ3v) is 4.36. The largest absolute Gasteiger partial charge is 0.296 e. The minimum atomic E-state index is -0.0436. The summed E-state index contributed by atoms with van der Waals surface area (Å²) < 4.78 is 0. The van der Waals surface area contributed by atoms with E-state index in [0.717, 1.165) is 22.6 Å². The lowest BCUT2D eigenvalue weighted by molar-refractivity contribution is 0.111. The second-order valence-corrected chi connectivity index (χ2v) is 6.33. The summed E-state index contributed by atoms with van der Waals surface area (Å²) in [4.78, 5) is 16.3. The van der Waals surface area contributed by atoms with E-state index in [4.69, 9.17) is 0 Å². The van der Waals surface area contributed by atoms with Crippen molar-refractivity contribution in [2.45, 2.75) is 32.6 Å². The van der Waals surface area contributed by atoms with Crippen LogP contribution in [0.5, 0.6) is 0 Å². The number of benzene rings is 1. The van der Waals surface area contributed by atoms with Gasteiger partial charge in [0.25, 0.3) is 0 Å². The number of aryl methyl sites for hydroxylation is 1. The van der Waals surface area contributed by atoms with Crippen molar-refractivity contribution in [3.05, 3.63) is 51.5 Å². The summed E-state index contributed by atoms with van der Waals surface area (Å²) in [5.41, 5.74) is 1.83. The van der Waals surface area contributed by atoms with Crippen LogP contribution in [0.1, 0.15) is 39.8 Å². The highest BCUT2D eigenvalue weighted by molar-refractivity contribution is 7.12. The molecule has 1 aromatic carbocycles. The zero-order valence-electron chi connectivity index (χ0n) is 10.9. The molecule has 0 saturated carbocycles. The SMILES string of the molecule is Cc1sc(C(C)(C)Cc2ccccc2)nc1C=O. The number of hydrogen-bond acceptors (Lipinski definition) is 3. The molecule has 2 nitrogen and oxygen atoms in total. The lowest BCUT2D eigenvalue weighted by Gasteiger charge is -2.21. The van der Waals surface area contributed by atoms with Gasteiger partial charge in [-0.3, -0.25) is 4.79 Å². The molecule has 0 aliphatic rings. The summed E-state index contributed by atoms with van der Waals surface area (Å²) in [6, 6.07) is 10.4. The molecule has 18 heavy (non-hydrogen) atoms. The normalized spacial score (nSPS) is 11.5. The number of carbonyl (C=O) groups excluding carboxylic acids is 1. The third kappa shape index (κ3) is 2.67. The van der Waals surface area contributed by atoms with E-state index in [1.165, 1.54) is 5.56 Å². The predicted octanol–water partition coefficient (Wildman–Crippen LogP) is 3.78. The molecule has 3 heteroatoms. The van der Waals surface area contributed by atoms with Gasteiger partial charge in [-0.1, -0.05) is 44.2 Å². The Balaban J connectivity index is 2.27. The van der Waals surface area contributed by atoms with Crippen LogP contribution in [0.25, 0.3) is 0 Å². The Labute approximate surface area is 112 Å². The zero-order chi connectivity index (χ0) is 13.2. The number of carbonyl (C=O) groups is 1. The van der Waals surface area contributed by atoms with E-state index in [1.807, 2.05) is 13.0 Å². The fourth-order valence-corrected chi connectivity index (χ4v) is 2.97. The molecular formula is C15H17NOS. The number of rotatable bonds is 4. The summed E-state index contributed by atoms with van der Waals surface area (Å²) in [5, 5.41) is 1.03. The summed E-state index contributed by atoms with van der Waals surface area (Å²) in [6.45, 7) is 6.29. The lowest BCUT2D eigenvalue weighted by Crippen LogP contribution is -2.20. The molecule has 0 atom stereocenters. The van der Waals surface area contributed by atoms with Gasteiger partial charge < -0.3 is 0 Å². The lowest BCUT2D eigenvalue weighted by atomic mass is 9.86. The number of nitrogens with zero attached hydrogens (tertiary/aromatic N) is 1. The second-order valence-electron chi connectivity index (χ2n) is 5.12. The fraction of sp³-hybridized carbons (Fsp3) is 0.333. The van der Waals surface area contributed by atoms with Gasteiger partial charge >= 0.3 is 0 Å². The Morgan fingerprint density at radius 3 is 2.50 bits per heavy atom. The quantitative estimate of drug-likeness (QED) is 0.782.